The Balaban J connectivity index is 2.08. The van der Waals surface area contributed by atoms with Gasteiger partial charge in [-0.3, -0.25) is 14.9 Å². The number of non-ortho nitro benzene ring substituents is 1. The number of hydrogen-bond donors (Lipinski definition) is 2. The third-order valence-electron chi connectivity index (χ3n) is 3.44. The first kappa shape index (κ1) is 14.9. The highest BCUT2D eigenvalue weighted by atomic mass is 79.9. The summed E-state index contributed by atoms with van der Waals surface area (Å²) in [5.41, 5.74) is 0.141. The molecule has 0 bridgehead atoms. The zero-order chi connectivity index (χ0) is 14.7. The van der Waals surface area contributed by atoms with Crippen molar-refractivity contribution < 1.29 is 14.8 Å². The molecule has 0 saturated heterocycles. The maximum atomic E-state index is 12.2. The molecule has 1 saturated carbocycles. The number of amides is 1. The van der Waals surface area contributed by atoms with Crippen LogP contribution in [-0.4, -0.2) is 28.1 Å². The zero-order valence-corrected chi connectivity index (χ0v) is 12.3. The van der Waals surface area contributed by atoms with Gasteiger partial charge in [0.2, 0.25) is 0 Å². The number of nitrogens with one attached hydrogen (secondary N) is 1. The normalized spacial score (nSPS) is 22.3. The predicted octanol–water partition coefficient (Wildman–Crippen LogP) is 2.39. The van der Waals surface area contributed by atoms with Crippen molar-refractivity contribution in [1.29, 1.82) is 0 Å². The van der Waals surface area contributed by atoms with E-state index in [1.54, 1.807) is 0 Å². The van der Waals surface area contributed by atoms with Crippen molar-refractivity contribution in [3.8, 4) is 0 Å². The molecule has 7 heteroatoms. The minimum Gasteiger partial charge on any atom is -0.393 e. The maximum Gasteiger partial charge on any atom is 0.270 e. The molecule has 2 rings (SSSR count). The molecule has 2 N–H and O–H groups in total. The molecule has 0 aromatic heterocycles. The Labute approximate surface area is 124 Å². The Hall–Kier alpha value is -1.47. The van der Waals surface area contributed by atoms with Crippen LogP contribution in [0.2, 0.25) is 0 Å². The molecule has 20 heavy (non-hydrogen) atoms. The molecule has 0 spiro atoms. The van der Waals surface area contributed by atoms with Crippen molar-refractivity contribution >= 4 is 27.5 Å². The van der Waals surface area contributed by atoms with Crippen molar-refractivity contribution in [2.45, 2.75) is 37.8 Å². The average Bonchev–Trinajstić information content (AvgIpc) is 2.41. The molecule has 1 aromatic carbocycles. The molecule has 6 nitrogen and oxygen atoms in total. The summed E-state index contributed by atoms with van der Waals surface area (Å²) in [6.07, 6.45) is 2.49. The summed E-state index contributed by atoms with van der Waals surface area (Å²) in [6, 6.07) is 4.11. The molecule has 0 atom stereocenters. The lowest BCUT2D eigenvalue weighted by atomic mass is 9.93. The molecule has 108 valence electrons. The van der Waals surface area contributed by atoms with Crippen molar-refractivity contribution in [1.82, 2.24) is 5.32 Å². The molecular formula is C13H15BrN2O4. The summed E-state index contributed by atoms with van der Waals surface area (Å²) >= 11 is 3.23. The van der Waals surface area contributed by atoms with E-state index in [4.69, 9.17) is 0 Å². The van der Waals surface area contributed by atoms with Crippen LogP contribution in [0.3, 0.4) is 0 Å². The van der Waals surface area contributed by atoms with Crippen LogP contribution in [0.5, 0.6) is 0 Å². The number of nitro benzene ring substituents is 1. The van der Waals surface area contributed by atoms with E-state index >= 15 is 0 Å². The number of carbonyl (C=O) groups is 1. The fraction of sp³-hybridized carbons (Fsp3) is 0.462. The molecule has 1 aromatic rings. The van der Waals surface area contributed by atoms with E-state index < -0.39 is 4.92 Å². The van der Waals surface area contributed by atoms with E-state index in [1.807, 2.05) is 0 Å². The van der Waals surface area contributed by atoms with Crippen LogP contribution in [0.15, 0.2) is 22.7 Å². The van der Waals surface area contributed by atoms with Gasteiger partial charge in [-0.1, -0.05) is 0 Å². The van der Waals surface area contributed by atoms with Crippen LogP contribution >= 0.6 is 15.9 Å². The van der Waals surface area contributed by atoms with Gasteiger partial charge in [-0.05, 0) is 47.7 Å². The second kappa shape index (κ2) is 6.32. The monoisotopic (exact) mass is 342 g/mol. The SMILES string of the molecule is O=C(NC1CCC(O)CC1)c1cc([N+](=O)[O-])ccc1Br. The predicted molar refractivity (Wildman–Crippen MR) is 76.5 cm³/mol. The van der Waals surface area contributed by atoms with Gasteiger partial charge in [-0.2, -0.15) is 0 Å². The van der Waals surface area contributed by atoms with Gasteiger partial charge in [-0.15, -0.1) is 0 Å². The third-order valence-corrected chi connectivity index (χ3v) is 4.13. The summed E-state index contributed by atoms with van der Waals surface area (Å²) in [4.78, 5) is 22.4. The molecule has 0 heterocycles. The molecule has 0 radical (unpaired) electrons. The Kier molecular flexibility index (Phi) is 4.72. The number of aliphatic hydroxyl groups excluding tert-OH is 1. The Morgan fingerprint density at radius 1 is 1.35 bits per heavy atom. The van der Waals surface area contributed by atoms with Crippen molar-refractivity contribution in [2.75, 3.05) is 0 Å². The van der Waals surface area contributed by atoms with E-state index in [-0.39, 0.29) is 29.3 Å². The highest BCUT2D eigenvalue weighted by Gasteiger charge is 2.23. The standard InChI is InChI=1S/C13H15BrN2O4/c14-12-6-3-9(16(19)20)7-11(12)13(18)15-8-1-4-10(17)5-2-8/h3,6-8,10,17H,1-2,4-5H2,(H,15,18). The van der Waals surface area contributed by atoms with Crippen LogP contribution in [-0.2, 0) is 0 Å². The van der Waals surface area contributed by atoms with Gasteiger partial charge in [-0.25, -0.2) is 0 Å². The first-order valence-corrected chi connectivity index (χ1v) is 7.19. The van der Waals surface area contributed by atoms with Crippen molar-refractivity contribution in [3.63, 3.8) is 0 Å². The molecular weight excluding hydrogens is 328 g/mol. The maximum absolute atomic E-state index is 12.2. The van der Waals surface area contributed by atoms with Gasteiger partial charge >= 0.3 is 0 Å². The molecule has 1 fully saturated rings. The fourth-order valence-corrected chi connectivity index (χ4v) is 2.71. The number of nitro groups is 1. The van der Waals surface area contributed by atoms with Crippen LogP contribution in [0.1, 0.15) is 36.0 Å². The number of aliphatic hydroxyl groups is 1. The number of benzene rings is 1. The number of hydrogen-bond acceptors (Lipinski definition) is 4. The Bertz CT molecular complexity index is 527. The number of halogens is 1. The first-order chi connectivity index (χ1) is 9.47. The minimum atomic E-state index is -0.528. The fourth-order valence-electron chi connectivity index (χ4n) is 2.28. The highest BCUT2D eigenvalue weighted by Crippen LogP contribution is 2.24. The zero-order valence-electron chi connectivity index (χ0n) is 10.7. The van der Waals surface area contributed by atoms with Gasteiger partial charge < -0.3 is 10.4 Å². The van der Waals surface area contributed by atoms with Gasteiger partial charge in [0.1, 0.15) is 0 Å². The lowest BCUT2D eigenvalue weighted by Gasteiger charge is -2.26. The van der Waals surface area contributed by atoms with Gasteiger partial charge in [0.05, 0.1) is 16.6 Å². The number of carbonyl (C=O) groups excluding carboxylic acids is 1. The van der Waals surface area contributed by atoms with E-state index in [2.05, 4.69) is 21.2 Å². The van der Waals surface area contributed by atoms with Gasteiger partial charge in [0, 0.05) is 22.6 Å². The number of rotatable bonds is 3. The van der Waals surface area contributed by atoms with E-state index in [0.29, 0.717) is 17.3 Å². The van der Waals surface area contributed by atoms with E-state index in [1.165, 1.54) is 18.2 Å². The van der Waals surface area contributed by atoms with Crippen LogP contribution < -0.4 is 5.32 Å². The second-order valence-corrected chi connectivity index (χ2v) is 5.75. The molecule has 0 aliphatic heterocycles. The summed E-state index contributed by atoms with van der Waals surface area (Å²) in [7, 11) is 0. The second-order valence-electron chi connectivity index (χ2n) is 4.90. The third kappa shape index (κ3) is 3.55. The smallest absolute Gasteiger partial charge is 0.270 e. The lowest BCUT2D eigenvalue weighted by molar-refractivity contribution is -0.384. The number of nitrogens with zero attached hydrogens (tertiary/aromatic N) is 1. The van der Waals surface area contributed by atoms with Gasteiger partial charge in [0.25, 0.3) is 11.6 Å². The minimum absolute atomic E-state index is 0.0112. The summed E-state index contributed by atoms with van der Waals surface area (Å²) in [6.45, 7) is 0. The topological polar surface area (TPSA) is 92.5 Å². The van der Waals surface area contributed by atoms with Crippen molar-refractivity contribution in [3.05, 3.63) is 38.3 Å². The van der Waals surface area contributed by atoms with E-state index in [9.17, 15) is 20.0 Å². The largest absolute Gasteiger partial charge is 0.393 e. The molecule has 1 amide bonds. The molecule has 1 aliphatic carbocycles. The van der Waals surface area contributed by atoms with Crippen LogP contribution in [0.4, 0.5) is 5.69 Å². The summed E-state index contributed by atoms with van der Waals surface area (Å²) in [5, 5.41) is 23.0. The quantitative estimate of drug-likeness (QED) is 0.651. The summed E-state index contributed by atoms with van der Waals surface area (Å²) < 4.78 is 0.524. The first-order valence-electron chi connectivity index (χ1n) is 6.40. The van der Waals surface area contributed by atoms with Crippen molar-refractivity contribution in [2.24, 2.45) is 0 Å². The molecule has 0 unspecified atom stereocenters. The van der Waals surface area contributed by atoms with Crippen LogP contribution in [0, 0.1) is 10.1 Å². The lowest BCUT2D eigenvalue weighted by Crippen LogP contribution is -2.38. The van der Waals surface area contributed by atoms with Gasteiger partial charge in [0.15, 0.2) is 0 Å². The highest BCUT2D eigenvalue weighted by molar-refractivity contribution is 9.10. The Morgan fingerprint density at radius 3 is 2.60 bits per heavy atom. The summed E-state index contributed by atoms with van der Waals surface area (Å²) in [5.74, 6) is -0.332. The van der Waals surface area contributed by atoms with E-state index in [0.717, 1.165) is 12.8 Å². The Morgan fingerprint density at radius 2 is 2.00 bits per heavy atom. The molecule has 1 aliphatic rings. The average molecular weight is 343 g/mol. The van der Waals surface area contributed by atoms with Crippen LogP contribution in [0.25, 0.3) is 0 Å².